The summed E-state index contributed by atoms with van der Waals surface area (Å²) in [4.78, 5) is 12.7. The summed E-state index contributed by atoms with van der Waals surface area (Å²) in [6.45, 7) is 5.34. The van der Waals surface area contributed by atoms with Crippen LogP contribution in [0, 0.1) is 0 Å². The van der Waals surface area contributed by atoms with Gasteiger partial charge in [-0.15, -0.1) is 0 Å². The Bertz CT molecular complexity index is 1440. The van der Waals surface area contributed by atoms with E-state index in [0.717, 1.165) is 36.1 Å². The molecular weight excluding hydrogens is 581 g/mol. The van der Waals surface area contributed by atoms with E-state index in [1.807, 2.05) is 49.4 Å². The summed E-state index contributed by atoms with van der Waals surface area (Å²) in [7, 11) is 0. The maximum absolute atomic E-state index is 12.7. The first-order valence-electron chi connectivity index (χ1n) is 14.5. The first-order chi connectivity index (χ1) is 20.7. The van der Waals surface area contributed by atoms with Gasteiger partial charge in [-0.05, 0) is 91.7 Å². The van der Waals surface area contributed by atoms with E-state index in [9.17, 15) is 9.90 Å². The number of nitrogens with one attached hydrogen (secondary N) is 2. The fraction of sp³-hybridized carbons (Fsp3) is 0.286. The highest BCUT2D eigenvalue weighted by Gasteiger charge is 2.19. The number of hydrogen-bond donors (Lipinski definition) is 4. The zero-order chi connectivity index (χ0) is 30.8. The zero-order valence-electron chi connectivity index (χ0n) is 24.5. The Kier molecular flexibility index (Phi) is 11.9. The van der Waals surface area contributed by atoms with Crippen molar-refractivity contribution in [2.75, 3.05) is 12.3 Å². The summed E-state index contributed by atoms with van der Waals surface area (Å²) in [5.74, 6) is 0.251. The van der Waals surface area contributed by atoms with Crippen LogP contribution in [0.5, 0.6) is 5.75 Å². The lowest BCUT2D eigenvalue weighted by molar-refractivity contribution is -0.130. The molecule has 0 aromatic heterocycles. The number of amides is 1. The normalized spacial score (nSPS) is 13.2. The number of halogens is 2. The van der Waals surface area contributed by atoms with Crippen molar-refractivity contribution in [3.05, 3.63) is 129 Å². The second kappa shape index (κ2) is 15.8. The zero-order valence-corrected chi connectivity index (χ0v) is 26.0. The molecule has 0 aliphatic rings. The Labute approximate surface area is 264 Å². The van der Waals surface area contributed by atoms with Crippen molar-refractivity contribution in [1.29, 1.82) is 0 Å². The highest BCUT2D eigenvalue weighted by atomic mass is 35.5. The van der Waals surface area contributed by atoms with Crippen LogP contribution in [0.25, 0.3) is 0 Å². The van der Waals surface area contributed by atoms with Crippen LogP contribution in [0.15, 0.2) is 91.0 Å². The van der Waals surface area contributed by atoms with Crippen LogP contribution < -0.4 is 21.1 Å². The Morgan fingerprint density at radius 2 is 1.40 bits per heavy atom. The summed E-state index contributed by atoms with van der Waals surface area (Å²) in [6.07, 6.45) is 1.09. The van der Waals surface area contributed by atoms with Gasteiger partial charge < -0.3 is 26.2 Å². The van der Waals surface area contributed by atoms with Crippen LogP contribution >= 0.6 is 23.2 Å². The molecule has 4 rings (SSSR count). The van der Waals surface area contributed by atoms with Gasteiger partial charge >= 0.3 is 0 Å². The molecule has 0 bridgehead atoms. The molecule has 0 aliphatic heterocycles. The van der Waals surface area contributed by atoms with Crippen molar-refractivity contribution in [3.8, 4) is 5.75 Å². The molecule has 0 saturated carbocycles. The van der Waals surface area contributed by atoms with Crippen molar-refractivity contribution in [2.45, 2.75) is 57.9 Å². The molecule has 8 heteroatoms. The molecule has 0 saturated heterocycles. The van der Waals surface area contributed by atoms with Crippen molar-refractivity contribution >= 4 is 34.8 Å². The van der Waals surface area contributed by atoms with E-state index in [1.54, 1.807) is 24.3 Å². The minimum absolute atomic E-state index is 0.141. The van der Waals surface area contributed by atoms with Gasteiger partial charge in [-0.1, -0.05) is 89.9 Å². The Balaban J connectivity index is 1.18. The number of nitrogen functional groups attached to an aromatic ring is 1. The number of nitrogens with two attached hydrogens (primary N) is 1. The molecule has 5 N–H and O–H groups in total. The van der Waals surface area contributed by atoms with Gasteiger partial charge in [-0.2, -0.15) is 0 Å². The summed E-state index contributed by atoms with van der Waals surface area (Å²) in [5, 5.41) is 18.0. The monoisotopic (exact) mass is 619 g/mol. The number of carbonyl (C=O) groups is 1. The van der Waals surface area contributed by atoms with Crippen molar-refractivity contribution in [2.24, 2.45) is 0 Å². The van der Waals surface area contributed by atoms with Gasteiger partial charge in [0.1, 0.15) is 12.4 Å². The first kappa shape index (κ1) is 32.4. The lowest BCUT2D eigenvalue weighted by atomic mass is 10.0. The smallest absolute Gasteiger partial charge is 0.253 e. The molecule has 3 atom stereocenters. The summed E-state index contributed by atoms with van der Waals surface area (Å²) < 4.78 is 5.79. The third kappa shape index (κ3) is 10.0. The summed E-state index contributed by atoms with van der Waals surface area (Å²) in [5.41, 5.74) is 11.2. The topological polar surface area (TPSA) is 96.6 Å². The summed E-state index contributed by atoms with van der Waals surface area (Å²) in [6, 6.07) is 29.1. The third-order valence-corrected chi connectivity index (χ3v) is 7.86. The van der Waals surface area contributed by atoms with Gasteiger partial charge in [0.15, 0.2) is 6.10 Å². The molecule has 1 amide bonds. The number of rotatable bonds is 14. The SMILES string of the molecule is CC(Cc1ccc(CC(C)NC(=O)C(O)c2ccc(OCc3ccccc3)cc2)cc1)NCCc1cc(Cl)c(N)c(Cl)c1. The van der Waals surface area contributed by atoms with Crippen molar-refractivity contribution in [3.63, 3.8) is 0 Å². The molecule has 0 spiro atoms. The van der Waals surface area contributed by atoms with E-state index in [2.05, 4.69) is 41.8 Å². The van der Waals surface area contributed by atoms with Crippen LogP contribution in [-0.2, 0) is 30.7 Å². The molecule has 4 aromatic carbocycles. The largest absolute Gasteiger partial charge is 0.489 e. The van der Waals surface area contributed by atoms with E-state index in [1.165, 1.54) is 5.56 Å². The predicted molar refractivity (Wildman–Crippen MR) is 176 cm³/mol. The van der Waals surface area contributed by atoms with Gasteiger partial charge in [0, 0.05) is 12.1 Å². The molecule has 3 unspecified atom stereocenters. The van der Waals surface area contributed by atoms with Crippen LogP contribution in [0.3, 0.4) is 0 Å². The van der Waals surface area contributed by atoms with Crippen LogP contribution in [0.2, 0.25) is 10.0 Å². The second-order valence-electron chi connectivity index (χ2n) is 11.0. The molecule has 4 aromatic rings. The van der Waals surface area contributed by atoms with E-state index < -0.39 is 12.0 Å². The molecular formula is C35H39Cl2N3O3. The maximum Gasteiger partial charge on any atom is 0.253 e. The number of ether oxygens (including phenoxy) is 1. The number of hydrogen-bond acceptors (Lipinski definition) is 5. The molecule has 43 heavy (non-hydrogen) atoms. The van der Waals surface area contributed by atoms with Crippen LogP contribution in [0.1, 0.15) is 47.8 Å². The fourth-order valence-corrected chi connectivity index (χ4v) is 5.38. The van der Waals surface area contributed by atoms with Crippen molar-refractivity contribution in [1.82, 2.24) is 10.6 Å². The second-order valence-corrected chi connectivity index (χ2v) is 11.8. The highest BCUT2D eigenvalue weighted by Crippen LogP contribution is 2.29. The molecule has 0 fully saturated rings. The molecule has 0 heterocycles. The number of aliphatic hydroxyl groups excluding tert-OH is 1. The van der Waals surface area contributed by atoms with E-state index in [-0.39, 0.29) is 12.1 Å². The van der Waals surface area contributed by atoms with E-state index in [4.69, 9.17) is 33.7 Å². The van der Waals surface area contributed by atoms with E-state index in [0.29, 0.717) is 40.1 Å². The Morgan fingerprint density at radius 1 is 0.814 bits per heavy atom. The minimum Gasteiger partial charge on any atom is -0.489 e. The number of benzene rings is 4. The molecule has 0 radical (unpaired) electrons. The Hall–Kier alpha value is -3.55. The quantitative estimate of drug-likeness (QED) is 0.118. The predicted octanol–water partition coefficient (Wildman–Crippen LogP) is 6.70. The first-order valence-corrected chi connectivity index (χ1v) is 15.2. The highest BCUT2D eigenvalue weighted by molar-refractivity contribution is 6.38. The third-order valence-electron chi connectivity index (χ3n) is 7.23. The molecule has 6 nitrogen and oxygen atoms in total. The lowest BCUT2D eigenvalue weighted by Crippen LogP contribution is -2.37. The average Bonchev–Trinajstić information content (AvgIpc) is 3.00. The number of anilines is 1. The maximum atomic E-state index is 12.7. The van der Waals surface area contributed by atoms with Crippen molar-refractivity contribution < 1.29 is 14.6 Å². The standard InChI is InChI=1S/C35H39Cl2N3O3/c1-23(39-17-16-28-20-31(36)33(38)32(37)21-28)18-25-8-10-26(11-9-25)19-24(2)40-35(42)34(41)29-12-14-30(15-13-29)43-22-27-6-4-3-5-7-27/h3-15,20-21,23-24,34,39,41H,16-19,22,38H2,1-2H3,(H,40,42). The number of carbonyl (C=O) groups excluding carboxylic acids is 1. The van der Waals surface area contributed by atoms with Gasteiger partial charge in [0.05, 0.1) is 15.7 Å². The Morgan fingerprint density at radius 3 is 2.00 bits per heavy atom. The van der Waals surface area contributed by atoms with Crippen LogP contribution in [-0.4, -0.2) is 29.6 Å². The van der Waals surface area contributed by atoms with Gasteiger partial charge in [-0.3, -0.25) is 4.79 Å². The van der Waals surface area contributed by atoms with Gasteiger partial charge in [0.2, 0.25) is 0 Å². The van der Waals surface area contributed by atoms with Crippen LogP contribution in [0.4, 0.5) is 5.69 Å². The van der Waals surface area contributed by atoms with Gasteiger partial charge in [-0.25, -0.2) is 0 Å². The minimum atomic E-state index is -1.25. The lowest BCUT2D eigenvalue weighted by Gasteiger charge is -2.18. The fourth-order valence-electron chi connectivity index (χ4n) is 4.85. The molecule has 226 valence electrons. The number of aliphatic hydroxyl groups is 1. The summed E-state index contributed by atoms with van der Waals surface area (Å²) >= 11 is 12.3. The molecule has 0 aliphatic carbocycles. The van der Waals surface area contributed by atoms with E-state index >= 15 is 0 Å². The van der Waals surface area contributed by atoms with Gasteiger partial charge in [0.25, 0.3) is 5.91 Å². The average molecular weight is 621 g/mol.